The van der Waals surface area contributed by atoms with Gasteiger partial charge in [0.1, 0.15) is 18.3 Å². The molecule has 0 aromatic carbocycles. The summed E-state index contributed by atoms with van der Waals surface area (Å²) in [5.74, 6) is -1.03. The molecule has 2 aliphatic rings. The first-order chi connectivity index (χ1) is 11.4. The van der Waals surface area contributed by atoms with Gasteiger partial charge in [-0.3, -0.25) is 0 Å². The molecule has 1 saturated carbocycles. The Labute approximate surface area is 140 Å². The molecule has 1 aliphatic carbocycles. The van der Waals surface area contributed by atoms with Crippen molar-refractivity contribution in [2.45, 2.75) is 62.1 Å². The van der Waals surface area contributed by atoms with E-state index in [-0.39, 0.29) is 12.1 Å². The third kappa shape index (κ3) is 4.23. The van der Waals surface area contributed by atoms with Crippen molar-refractivity contribution in [2.24, 2.45) is 5.92 Å². The zero-order valence-electron chi connectivity index (χ0n) is 13.9. The Kier molecular flexibility index (Phi) is 6.93. The predicted octanol–water partition coefficient (Wildman–Crippen LogP) is -1.70. The molecule has 0 aromatic rings. The van der Waals surface area contributed by atoms with Crippen LogP contribution in [0.4, 0.5) is 0 Å². The fourth-order valence-electron chi connectivity index (χ4n) is 3.42. The number of carbonyl (C=O) groups is 1. The van der Waals surface area contributed by atoms with E-state index >= 15 is 0 Å². The molecule has 8 atom stereocenters. The van der Waals surface area contributed by atoms with Gasteiger partial charge in [0.05, 0.1) is 6.10 Å². The lowest BCUT2D eigenvalue weighted by Gasteiger charge is -2.42. The minimum Gasteiger partial charge on any atom is -0.479 e. The second kappa shape index (κ2) is 8.52. The number of aliphatic hydroxyl groups is 3. The maximum absolute atomic E-state index is 11.1. The summed E-state index contributed by atoms with van der Waals surface area (Å²) in [6, 6.07) is -0.0121. The molecule has 0 aromatic heterocycles. The Morgan fingerprint density at radius 1 is 1.21 bits per heavy atom. The first kappa shape index (κ1) is 19.5. The Morgan fingerprint density at radius 2 is 1.92 bits per heavy atom. The molecule has 9 heteroatoms. The highest BCUT2D eigenvalue weighted by molar-refractivity contribution is 5.73. The quantitative estimate of drug-likeness (QED) is 0.380. The Balaban J connectivity index is 2.01. The smallest absolute Gasteiger partial charge is 0.335 e. The van der Waals surface area contributed by atoms with Crippen LogP contribution in [0, 0.1) is 5.92 Å². The molecule has 140 valence electrons. The highest BCUT2D eigenvalue weighted by atomic mass is 16.7. The Morgan fingerprint density at radius 3 is 2.50 bits per heavy atom. The van der Waals surface area contributed by atoms with Crippen LogP contribution < -0.4 is 5.32 Å². The van der Waals surface area contributed by atoms with Gasteiger partial charge in [0.15, 0.2) is 12.4 Å². The number of ether oxygens (including phenoxy) is 3. The van der Waals surface area contributed by atoms with Crippen LogP contribution in [-0.4, -0.2) is 90.0 Å². The lowest BCUT2D eigenvalue weighted by atomic mass is 9.84. The summed E-state index contributed by atoms with van der Waals surface area (Å²) in [5.41, 5.74) is 0. The number of methoxy groups -OCH3 is 1. The topological polar surface area (TPSA) is 138 Å². The zero-order valence-corrected chi connectivity index (χ0v) is 13.9. The van der Waals surface area contributed by atoms with E-state index in [9.17, 15) is 20.1 Å². The monoisotopic (exact) mass is 349 g/mol. The average Bonchev–Trinajstić information content (AvgIpc) is 2.56. The molecular weight excluding hydrogens is 322 g/mol. The average molecular weight is 349 g/mol. The van der Waals surface area contributed by atoms with Crippen molar-refractivity contribution in [1.29, 1.82) is 0 Å². The molecular formula is C15H27NO8. The summed E-state index contributed by atoms with van der Waals surface area (Å²) in [6.45, 7) is 0.652. The SMILES string of the molecule is CNC1CC(COC)CCC1OC1OC(C(=O)O)C(O)C(O)C1O. The molecule has 0 radical (unpaired) electrons. The van der Waals surface area contributed by atoms with Crippen molar-refractivity contribution in [3.05, 3.63) is 0 Å². The summed E-state index contributed by atoms with van der Waals surface area (Å²) in [5, 5.41) is 41.8. The number of carboxylic acid groups (broad SMARTS) is 1. The van der Waals surface area contributed by atoms with E-state index in [1.54, 1.807) is 14.2 Å². The first-order valence-corrected chi connectivity index (χ1v) is 8.13. The van der Waals surface area contributed by atoms with Crippen LogP contribution in [0.5, 0.6) is 0 Å². The molecule has 9 nitrogen and oxygen atoms in total. The molecule has 2 fully saturated rings. The number of aliphatic hydroxyl groups excluding tert-OH is 3. The molecule has 1 heterocycles. The predicted molar refractivity (Wildman–Crippen MR) is 81.3 cm³/mol. The van der Waals surface area contributed by atoms with Crippen molar-refractivity contribution in [1.82, 2.24) is 5.32 Å². The Bertz CT molecular complexity index is 422. The number of aliphatic carboxylic acids is 1. The second-order valence-electron chi connectivity index (χ2n) is 6.44. The van der Waals surface area contributed by atoms with E-state index in [1.165, 1.54) is 0 Å². The van der Waals surface area contributed by atoms with E-state index in [2.05, 4.69) is 5.32 Å². The number of hydrogen-bond acceptors (Lipinski definition) is 8. The van der Waals surface area contributed by atoms with Gasteiger partial charge in [0.25, 0.3) is 0 Å². The number of nitrogens with one attached hydrogen (secondary N) is 1. The van der Waals surface area contributed by atoms with Crippen LogP contribution in [0.3, 0.4) is 0 Å². The summed E-state index contributed by atoms with van der Waals surface area (Å²) in [6.07, 6.45) is -5.79. The fourth-order valence-corrected chi connectivity index (χ4v) is 3.42. The molecule has 1 aliphatic heterocycles. The number of carboxylic acids is 1. The summed E-state index contributed by atoms with van der Waals surface area (Å²) in [7, 11) is 3.45. The Hall–Kier alpha value is -0.810. The second-order valence-corrected chi connectivity index (χ2v) is 6.44. The molecule has 1 saturated heterocycles. The lowest BCUT2D eigenvalue weighted by Crippen LogP contribution is -2.61. The van der Waals surface area contributed by atoms with Gasteiger partial charge >= 0.3 is 5.97 Å². The van der Waals surface area contributed by atoms with Crippen LogP contribution in [-0.2, 0) is 19.0 Å². The molecule has 5 N–H and O–H groups in total. The van der Waals surface area contributed by atoms with Crippen LogP contribution in [0.15, 0.2) is 0 Å². The van der Waals surface area contributed by atoms with Crippen molar-refractivity contribution in [2.75, 3.05) is 20.8 Å². The molecule has 2 rings (SSSR count). The van der Waals surface area contributed by atoms with Crippen molar-refractivity contribution in [3.8, 4) is 0 Å². The van der Waals surface area contributed by atoms with E-state index in [4.69, 9.17) is 19.3 Å². The van der Waals surface area contributed by atoms with E-state index < -0.39 is 36.7 Å². The number of hydrogen-bond donors (Lipinski definition) is 5. The van der Waals surface area contributed by atoms with Gasteiger partial charge in [0.2, 0.25) is 0 Å². The maximum atomic E-state index is 11.1. The normalized spacial score (nSPS) is 43.5. The molecule has 0 bridgehead atoms. The largest absolute Gasteiger partial charge is 0.479 e. The van der Waals surface area contributed by atoms with E-state index in [1.807, 2.05) is 0 Å². The van der Waals surface area contributed by atoms with Crippen molar-refractivity contribution in [3.63, 3.8) is 0 Å². The van der Waals surface area contributed by atoms with Crippen molar-refractivity contribution >= 4 is 5.97 Å². The number of likely N-dealkylation sites (N-methyl/N-ethyl adjacent to an activating group) is 1. The maximum Gasteiger partial charge on any atom is 0.335 e. The van der Waals surface area contributed by atoms with Crippen LogP contribution in [0.25, 0.3) is 0 Å². The van der Waals surface area contributed by atoms with Gasteiger partial charge < -0.3 is 40.0 Å². The van der Waals surface area contributed by atoms with Gasteiger partial charge in [-0.05, 0) is 32.2 Å². The molecule has 24 heavy (non-hydrogen) atoms. The standard InChI is InChI=1S/C15H27NO8/c1-16-8-5-7(6-22-2)3-4-9(8)23-15-12(19)10(17)11(18)13(24-15)14(20)21/h7-13,15-19H,3-6H2,1-2H3,(H,20,21). The third-order valence-corrected chi connectivity index (χ3v) is 4.79. The summed E-state index contributed by atoms with van der Waals surface area (Å²) < 4.78 is 16.1. The molecule has 0 amide bonds. The van der Waals surface area contributed by atoms with Gasteiger partial charge in [-0.2, -0.15) is 0 Å². The summed E-state index contributed by atoms with van der Waals surface area (Å²) >= 11 is 0. The van der Waals surface area contributed by atoms with Crippen LogP contribution >= 0.6 is 0 Å². The van der Waals surface area contributed by atoms with Crippen molar-refractivity contribution < 1.29 is 39.4 Å². The fraction of sp³-hybridized carbons (Fsp3) is 0.933. The van der Waals surface area contributed by atoms with Gasteiger partial charge in [-0.25, -0.2) is 4.79 Å². The third-order valence-electron chi connectivity index (χ3n) is 4.79. The lowest BCUT2D eigenvalue weighted by molar-refractivity contribution is -0.308. The van der Waals surface area contributed by atoms with Crippen LogP contribution in [0.2, 0.25) is 0 Å². The van der Waals surface area contributed by atoms with Crippen LogP contribution in [0.1, 0.15) is 19.3 Å². The van der Waals surface area contributed by atoms with Gasteiger partial charge in [0, 0.05) is 19.8 Å². The van der Waals surface area contributed by atoms with E-state index in [0.717, 1.165) is 12.8 Å². The minimum atomic E-state index is -1.71. The highest BCUT2D eigenvalue weighted by Crippen LogP contribution is 2.30. The molecule has 8 unspecified atom stereocenters. The van der Waals surface area contributed by atoms with Gasteiger partial charge in [-0.1, -0.05) is 0 Å². The zero-order chi connectivity index (χ0) is 17.9. The highest BCUT2D eigenvalue weighted by Gasteiger charge is 2.48. The first-order valence-electron chi connectivity index (χ1n) is 8.13. The molecule has 0 spiro atoms. The van der Waals surface area contributed by atoms with Gasteiger partial charge in [-0.15, -0.1) is 0 Å². The van der Waals surface area contributed by atoms with E-state index in [0.29, 0.717) is 18.9 Å². The summed E-state index contributed by atoms with van der Waals surface area (Å²) in [4.78, 5) is 11.1. The minimum absolute atomic E-state index is 0.0121. The number of rotatable bonds is 6.